The molecule has 13 rings (SSSR count). The zero-order valence-electron chi connectivity index (χ0n) is 31.2. The van der Waals surface area contributed by atoms with E-state index in [9.17, 15) is 0 Å². The van der Waals surface area contributed by atoms with Crippen LogP contribution in [0.3, 0.4) is 0 Å². The molecule has 4 heteroatoms. The molecule has 13 aromatic rings. The standard InChI is InChI=1S/C54H32N2OS/c1-2-10-33(11-3-1)34-18-22-37(23-19-34)55-47-15-7-4-12-39(47)45-30-35(20-28-49(45)55)36-21-29-50-46(31-36)40-13-5-8-16-48(40)56(50)38-24-25-42-44-27-26-43-41-14-6-9-17-51(41)57-53(43)54(44)58-52(42)32-38/h1-32H. The Labute approximate surface area is 336 Å². The Hall–Kier alpha value is -7.40. The second-order valence-electron chi connectivity index (χ2n) is 15.3. The summed E-state index contributed by atoms with van der Waals surface area (Å²) in [5.41, 5.74) is 13.9. The van der Waals surface area contributed by atoms with Gasteiger partial charge in [0.15, 0.2) is 5.58 Å². The molecule has 0 saturated carbocycles. The summed E-state index contributed by atoms with van der Waals surface area (Å²) in [5, 5.41) is 9.83. The number of hydrogen-bond acceptors (Lipinski definition) is 2. The molecule has 0 bridgehead atoms. The van der Waals surface area contributed by atoms with E-state index in [-0.39, 0.29) is 0 Å². The first-order chi connectivity index (χ1) is 28.7. The molecule has 0 unspecified atom stereocenters. The van der Waals surface area contributed by atoms with Crippen LogP contribution in [0.4, 0.5) is 0 Å². The highest BCUT2D eigenvalue weighted by atomic mass is 32.1. The van der Waals surface area contributed by atoms with Crippen molar-refractivity contribution in [2.24, 2.45) is 0 Å². The topological polar surface area (TPSA) is 23.0 Å². The number of nitrogens with zero attached hydrogens (tertiary/aromatic N) is 2. The summed E-state index contributed by atoms with van der Waals surface area (Å²) >= 11 is 1.82. The van der Waals surface area contributed by atoms with Crippen molar-refractivity contribution >= 4 is 97.1 Å². The molecule has 0 aliphatic rings. The molecule has 270 valence electrons. The largest absolute Gasteiger partial charge is 0.455 e. The van der Waals surface area contributed by atoms with Gasteiger partial charge in [0.2, 0.25) is 0 Å². The first kappa shape index (κ1) is 31.8. The Balaban J connectivity index is 0.937. The van der Waals surface area contributed by atoms with E-state index in [1.54, 1.807) is 0 Å². The van der Waals surface area contributed by atoms with Gasteiger partial charge in [0.05, 0.1) is 26.8 Å². The molecule has 0 amide bonds. The molecule has 0 spiro atoms. The van der Waals surface area contributed by atoms with E-state index in [0.717, 1.165) is 22.5 Å². The molecule has 58 heavy (non-hydrogen) atoms. The lowest BCUT2D eigenvalue weighted by atomic mass is 10.0. The van der Waals surface area contributed by atoms with Crippen LogP contribution in [0.25, 0.3) is 119 Å². The van der Waals surface area contributed by atoms with Gasteiger partial charge in [-0.15, -0.1) is 11.3 Å². The summed E-state index contributed by atoms with van der Waals surface area (Å²) in [6.45, 7) is 0. The molecule has 4 aromatic heterocycles. The van der Waals surface area contributed by atoms with E-state index in [2.05, 4.69) is 197 Å². The van der Waals surface area contributed by atoms with Gasteiger partial charge in [-0.1, -0.05) is 121 Å². The van der Waals surface area contributed by atoms with Crippen LogP contribution < -0.4 is 0 Å². The van der Waals surface area contributed by atoms with Crippen molar-refractivity contribution < 1.29 is 4.42 Å². The molecule has 0 N–H and O–H groups in total. The van der Waals surface area contributed by atoms with Gasteiger partial charge < -0.3 is 13.6 Å². The van der Waals surface area contributed by atoms with Gasteiger partial charge in [-0.3, -0.25) is 0 Å². The number of furan rings is 1. The third-order valence-electron chi connectivity index (χ3n) is 12.1. The van der Waals surface area contributed by atoms with Crippen molar-refractivity contribution in [2.75, 3.05) is 0 Å². The van der Waals surface area contributed by atoms with Gasteiger partial charge in [-0.2, -0.15) is 0 Å². The van der Waals surface area contributed by atoms with Gasteiger partial charge >= 0.3 is 0 Å². The van der Waals surface area contributed by atoms with Crippen molar-refractivity contribution in [3.8, 4) is 33.6 Å². The Morgan fingerprint density at radius 2 is 0.845 bits per heavy atom. The maximum absolute atomic E-state index is 6.45. The summed E-state index contributed by atoms with van der Waals surface area (Å²) in [7, 11) is 0. The van der Waals surface area contributed by atoms with Gasteiger partial charge in [0.25, 0.3) is 0 Å². The fraction of sp³-hybridized carbons (Fsp3) is 0. The van der Waals surface area contributed by atoms with E-state index in [1.807, 2.05) is 17.4 Å². The molecule has 0 saturated heterocycles. The Kier molecular flexibility index (Phi) is 6.60. The molecule has 0 aliphatic heterocycles. The molecule has 0 fully saturated rings. The van der Waals surface area contributed by atoms with Crippen LogP contribution >= 0.6 is 11.3 Å². The van der Waals surface area contributed by atoms with Crippen molar-refractivity contribution in [1.82, 2.24) is 9.13 Å². The number of fused-ring (bicyclic) bond motifs is 13. The van der Waals surface area contributed by atoms with Gasteiger partial charge in [0, 0.05) is 59.2 Å². The van der Waals surface area contributed by atoms with E-state index in [1.165, 1.54) is 96.8 Å². The Morgan fingerprint density at radius 1 is 0.328 bits per heavy atom. The van der Waals surface area contributed by atoms with Crippen LogP contribution in [0.5, 0.6) is 0 Å². The highest BCUT2D eigenvalue weighted by Gasteiger charge is 2.18. The second-order valence-corrected chi connectivity index (χ2v) is 16.3. The van der Waals surface area contributed by atoms with Crippen LogP contribution in [0.1, 0.15) is 0 Å². The van der Waals surface area contributed by atoms with Gasteiger partial charge in [-0.05, 0) is 95.1 Å². The Bertz CT molecular complexity index is 3790. The molecule has 0 atom stereocenters. The Morgan fingerprint density at radius 3 is 1.55 bits per heavy atom. The van der Waals surface area contributed by atoms with E-state index in [4.69, 9.17) is 4.42 Å². The van der Waals surface area contributed by atoms with Crippen LogP contribution in [0.2, 0.25) is 0 Å². The zero-order chi connectivity index (χ0) is 37.9. The van der Waals surface area contributed by atoms with Crippen LogP contribution in [-0.4, -0.2) is 9.13 Å². The molecular weight excluding hydrogens is 725 g/mol. The fourth-order valence-electron chi connectivity index (χ4n) is 9.44. The molecule has 0 radical (unpaired) electrons. The first-order valence-corrected chi connectivity index (χ1v) is 20.6. The van der Waals surface area contributed by atoms with Crippen molar-refractivity contribution in [3.05, 3.63) is 194 Å². The monoisotopic (exact) mass is 756 g/mol. The summed E-state index contributed by atoms with van der Waals surface area (Å²) in [6.07, 6.45) is 0. The number of aromatic nitrogens is 2. The number of rotatable bonds is 4. The summed E-state index contributed by atoms with van der Waals surface area (Å²) < 4.78 is 13.7. The SMILES string of the molecule is c1ccc(-c2ccc(-n3c4ccccc4c4cc(-c5ccc6c(c5)c5ccccc5n6-c5ccc6c(c5)sc5c6ccc6c7ccccc7oc65)ccc43)cc2)cc1. The third kappa shape index (κ3) is 4.55. The van der Waals surface area contributed by atoms with Crippen LogP contribution in [-0.2, 0) is 0 Å². The predicted molar refractivity (Wildman–Crippen MR) is 246 cm³/mol. The average molecular weight is 757 g/mol. The maximum atomic E-state index is 6.45. The minimum Gasteiger partial charge on any atom is -0.455 e. The molecule has 4 heterocycles. The lowest BCUT2D eigenvalue weighted by molar-refractivity contribution is 0.673. The first-order valence-electron chi connectivity index (χ1n) is 19.7. The number of para-hydroxylation sites is 3. The van der Waals surface area contributed by atoms with Crippen LogP contribution in [0, 0.1) is 0 Å². The number of hydrogen-bond donors (Lipinski definition) is 0. The smallest absolute Gasteiger partial charge is 0.153 e. The summed E-state index contributed by atoms with van der Waals surface area (Å²) in [4.78, 5) is 0. The fourth-order valence-corrected chi connectivity index (χ4v) is 10.7. The minimum absolute atomic E-state index is 0.935. The number of benzene rings is 9. The van der Waals surface area contributed by atoms with E-state index >= 15 is 0 Å². The highest BCUT2D eigenvalue weighted by Crippen LogP contribution is 2.44. The lowest BCUT2D eigenvalue weighted by Gasteiger charge is -2.10. The lowest BCUT2D eigenvalue weighted by Crippen LogP contribution is -1.94. The van der Waals surface area contributed by atoms with Gasteiger partial charge in [-0.25, -0.2) is 0 Å². The number of thiophene rings is 1. The zero-order valence-corrected chi connectivity index (χ0v) is 32.0. The van der Waals surface area contributed by atoms with Gasteiger partial charge in [0.1, 0.15) is 5.58 Å². The average Bonchev–Trinajstić information content (AvgIpc) is 4.04. The molecular formula is C54H32N2OS. The molecule has 9 aromatic carbocycles. The highest BCUT2D eigenvalue weighted by molar-refractivity contribution is 7.26. The van der Waals surface area contributed by atoms with Crippen molar-refractivity contribution in [2.45, 2.75) is 0 Å². The van der Waals surface area contributed by atoms with Crippen molar-refractivity contribution in [3.63, 3.8) is 0 Å². The predicted octanol–water partition coefficient (Wildman–Crippen LogP) is 15.5. The van der Waals surface area contributed by atoms with Crippen LogP contribution in [0.15, 0.2) is 199 Å². The molecule has 3 nitrogen and oxygen atoms in total. The second kappa shape index (κ2) is 12.1. The van der Waals surface area contributed by atoms with E-state index in [0.29, 0.717) is 0 Å². The quantitative estimate of drug-likeness (QED) is 0.175. The van der Waals surface area contributed by atoms with E-state index < -0.39 is 0 Å². The maximum Gasteiger partial charge on any atom is 0.153 e. The third-order valence-corrected chi connectivity index (χ3v) is 13.3. The normalized spacial score (nSPS) is 12.1. The van der Waals surface area contributed by atoms with Crippen molar-refractivity contribution in [1.29, 1.82) is 0 Å². The summed E-state index contributed by atoms with van der Waals surface area (Å²) in [5.74, 6) is 0. The summed E-state index contributed by atoms with van der Waals surface area (Å²) in [6, 6.07) is 70.7. The molecule has 0 aliphatic carbocycles. The minimum atomic E-state index is 0.935.